The van der Waals surface area contributed by atoms with Gasteiger partial charge in [-0.2, -0.15) is 11.8 Å². The van der Waals surface area contributed by atoms with Gasteiger partial charge in [0.1, 0.15) is 6.04 Å². The van der Waals surface area contributed by atoms with Crippen LogP contribution < -0.4 is 10.6 Å². The van der Waals surface area contributed by atoms with E-state index in [0.717, 1.165) is 22.8 Å². The first-order valence-electron chi connectivity index (χ1n) is 15.3. The number of amides is 2. The Hall–Kier alpha value is -3.61. The Labute approximate surface area is 279 Å². The molecule has 0 saturated carbocycles. The van der Waals surface area contributed by atoms with E-state index in [1.165, 1.54) is 24.9 Å². The van der Waals surface area contributed by atoms with Gasteiger partial charge in [-0.3, -0.25) is 24.6 Å². The molecule has 0 saturated heterocycles. The van der Waals surface area contributed by atoms with Crippen LogP contribution in [0, 0.1) is 16.0 Å². The fraction of sp³-hybridized carbons (Fsp3) is 0.441. The third-order valence-corrected chi connectivity index (χ3v) is 9.51. The maximum absolute atomic E-state index is 13.4. The number of nitro groups is 1. The average Bonchev–Trinajstić information content (AvgIpc) is 3.05. The molecule has 0 fully saturated rings. The second kappa shape index (κ2) is 19.1. The number of methoxy groups -OCH3 is 1. The summed E-state index contributed by atoms with van der Waals surface area (Å²) in [6.45, 7) is 5.00. The topological polar surface area (TPSA) is 131 Å². The molecule has 0 bridgehead atoms. The Morgan fingerprint density at radius 2 is 1.67 bits per heavy atom. The molecule has 0 heterocycles. The number of rotatable bonds is 19. The summed E-state index contributed by atoms with van der Waals surface area (Å²) >= 11 is 2.91. The highest BCUT2D eigenvalue weighted by Gasteiger charge is 2.26. The van der Waals surface area contributed by atoms with Crippen molar-refractivity contribution in [2.45, 2.75) is 51.1 Å². The van der Waals surface area contributed by atoms with Gasteiger partial charge in [0.25, 0.3) is 5.69 Å². The summed E-state index contributed by atoms with van der Waals surface area (Å²) in [6, 6.07) is 19.7. The molecule has 12 heteroatoms. The molecule has 3 atom stereocenters. The van der Waals surface area contributed by atoms with Crippen LogP contribution in [-0.2, 0) is 31.4 Å². The van der Waals surface area contributed by atoms with Crippen molar-refractivity contribution in [1.29, 1.82) is 0 Å². The van der Waals surface area contributed by atoms with Gasteiger partial charge in [-0.1, -0.05) is 80.9 Å². The Morgan fingerprint density at radius 3 is 2.39 bits per heavy atom. The average molecular weight is 669 g/mol. The van der Waals surface area contributed by atoms with E-state index >= 15 is 0 Å². The first kappa shape index (κ1) is 36.9. The first-order chi connectivity index (χ1) is 22.2. The zero-order valence-corrected chi connectivity index (χ0v) is 28.5. The Kier molecular flexibility index (Phi) is 15.3. The largest absolute Gasteiger partial charge is 0.467 e. The zero-order valence-electron chi connectivity index (χ0n) is 26.9. The van der Waals surface area contributed by atoms with Gasteiger partial charge >= 0.3 is 5.97 Å². The Balaban J connectivity index is 1.77. The van der Waals surface area contributed by atoms with Gasteiger partial charge in [-0.15, -0.1) is 11.8 Å². The van der Waals surface area contributed by atoms with Gasteiger partial charge in [0.15, 0.2) is 0 Å². The fourth-order valence-electron chi connectivity index (χ4n) is 5.17. The van der Waals surface area contributed by atoms with Crippen LogP contribution in [0.15, 0.2) is 66.7 Å². The van der Waals surface area contributed by atoms with E-state index in [2.05, 4.69) is 30.5 Å². The highest BCUT2D eigenvalue weighted by Crippen LogP contribution is 2.24. The van der Waals surface area contributed by atoms with Crippen LogP contribution in [0.1, 0.15) is 37.8 Å². The number of thioether (sulfide) groups is 2. The van der Waals surface area contributed by atoms with Crippen molar-refractivity contribution in [1.82, 2.24) is 15.5 Å². The lowest BCUT2D eigenvalue weighted by molar-refractivity contribution is -0.385. The second-order valence-corrected chi connectivity index (χ2v) is 13.1. The van der Waals surface area contributed by atoms with Crippen molar-refractivity contribution in [2.75, 3.05) is 38.0 Å². The molecule has 0 aliphatic rings. The molecule has 3 aromatic rings. The highest BCUT2D eigenvalue weighted by atomic mass is 32.2. The molecule has 3 rings (SSSR count). The fourth-order valence-corrected chi connectivity index (χ4v) is 6.48. The summed E-state index contributed by atoms with van der Waals surface area (Å²) < 4.78 is 4.93. The normalized spacial score (nSPS) is 13.2. The molecule has 0 aliphatic carbocycles. The highest BCUT2D eigenvalue weighted by molar-refractivity contribution is 7.99. The molecular formula is C34H44N4O6S2. The summed E-state index contributed by atoms with van der Waals surface area (Å²) in [4.78, 5) is 51.9. The molecule has 3 unspecified atom stereocenters. The van der Waals surface area contributed by atoms with Crippen molar-refractivity contribution in [2.24, 2.45) is 5.92 Å². The summed E-state index contributed by atoms with van der Waals surface area (Å²) in [6.07, 6.45) is 3.20. The van der Waals surface area contributed by atoms with Crippen molar-refractivity contribution >= 4 is 57.8 Å². The van der Waals surface area contributed by atoms with E-state index in [0.29, 0.717) is 36.6 Å². The van der Waals surface area contributed by atoms with E-state index < -0.39 is 16.9 Å². The van der Waals surface area contributed by atoms with Gasteiger partial charge in [-0.05, 0) is 40.7 Å². The van der Waals surface area contributed by atoms with Crippen LogP contribution in [-0.4, -0.2) is 77.7 Å². The van der Waals surface area contributed by atoms with Gasteiger partial charge < -0.3 is 15.4 Å². The van der Waals surface area contributed by atoms with Gasteiger partial charge in [-0.25, -0.2) is 4.79 Å². The van der Waals surface area contributed by atoms with Crippen LogP contribution in [0.2, 0.25) is 0 Å². The molecular weight excluding hydrogens is 625 g/mol. The number of carbonyl (C=O) groups excluding carboxylic acids is 3. The standard InChI is InChI=1S/C34H44N4O6S2/c1-5-24(2)30(36-33(40)23-46-22-27-12-7-9-16-31(27)38(42)43)20-37(19-26-14-10-13-25-11-6-8-15-28(25)26)21-32(39)35-29(17-18-45-4)34(41)44-3/h6-16,24,29-30H,5,17-23H2,1-4H3,(H,35,39)(H,36,40). The van der Waals surface area contributed by atoms with E-state index in [1.54, 1.807) is 30.0 Å². The summed E-state index contributed by atoms with van der Waals surface area (Å²) in [5.74, 6) is 0.315. The smallest absolute Gasteiger partial charge is 0.328 e. The van der Waals surface area contributed by atoms with Crippen LogP contribution in [0.4, 0.5) is 5.69 Å². The maximum atomic E-state index is 13.4. The van der Waals surface area contributed by atoms with Crippen LogP contribution >= 0.6 is 23.5 Å². The lowest BCUT2D eigenvalue weighted by Crippen LogP contribution is -2.51. The summed E-state index contributed by atoms with van der Waals surface area (Å²) in [5, 5.41) is 19.6. The number of nitro benzene ring substituents is 1. The summed E-state index contributed by atoms with van der Waals surface area (Å²) in [7, 11) is 1.31. The van der Waals surface area contributed by atoms with Crippen molar-refractivity contribution in [3.05, 3.63) is 88.0 Å². The van der Waals surface area contributed by atoms with Crippen LogP contribution in [0.5, 0.6) is 0 Å². The first-order valence-corrected chi connectivity index (χ1v) is 17.9. The van der Waals surface area contributed by atoms with E-state index in [-0.39, 0.29) is 41.8 Å². The third kappa shape index (κ3) is 11.3. The van der Waals surface area contributed by atoms with E-state index in [1.807, 2.05) is 47.6 Å². The number of esters is 1. The van der Waals surface area contributed by atoms with E-state index in [4.69, 9.17) is 4.74 Å². The molecule has 3 aromatic carbocycles. The number of nitrogens with one attached hydrogen (secondary N) is 2. The molecule has 46 heavy (non-hydrogen) atoms. The quantitative estimate of drug-likeness (QED) is 0.0976. The zero-order chi connectivity index (χ0) is 33.5. The minimum atomic E-state index is -0.744. The van der Waals surface area contributed by atoms with Crippen LogP contribution in [0.25, 0.3) is 10.8 Å². The third-order valence-electron chi connectivity index (χ3n) is 7.88. The van der Waals surface area contributed by atoms with Gasteiger partial charge in [0.2, 0.25) is 11.8 Å². The lowest BCUT2D eigenvalue weighted by Gasteiger charge is -2.31. The van der Waals surface area contributed by atoms with Crippen LogP contribution in [0.3, 0.4) is 0 Å². The molecule has 10 nitrogen and oxygen atoms in total. The number of ether oxygens (including phenoxy) is 1. The molecule has 0 aromatic heterocycles. The monoisotopic (exact) mass is 668 g/mol. The number of para-hydroxylation sites is 1. The number of fused-ring (bicyclic) bond motifs is 1. The number of hydrogen-bond acceptors (Lipinski definition) is 9. The number of hydrogen-bond donors (Lipinski definition) is 2. The second-order valence-electron chi connectivity index (χ2n) is 11.2. The van der Waals surface area contributed by atoms with Gasteiger partial charge in [0.05, 0.1) is 24.3 Å². The number of benzene rings is 3. The SMILES string of the molecule is CCC(C)C(CN(CC(=O)NC(CCSC)C(=O)OC)Cc1cccc2ccccc12)NC(=O)CSCc1ccccc1[N+](=O)[O-]. The predicted octanol–water partition coefficient (Wildman–Crippen LogP) is 5.43. The summed E-state index contributed by atoms with van der Waals surface area (Å²) in [5.41, 5.74) is 1.66. The molecule has 0 spiro atoms. The predicted molar refractivity (Wildman–Crippen MR) is 187 cm³/mol. The van der Waals surface area contributed by atoms with E-state index in [9.17, 15) is 24.5 Å². The van der Waals surface area contributed by atoms with Crippen molar-refractivity contribution in [3.8, 4) is 0 Å². The Morgan fingerprint density at radius 1 is 0.978 bits per heavy atom. The molecule has 2 amide bonds. The van der Waals surface area contributed by atoms with Crippen molar-refractivity contribution < 1.29 is 24.0 Å². The van der Waals surface area contributed by atoms with Crippen molar-refractivity contribution in [3.63, 3.8) is 0 Å². The number of carbonyl (C=O) groups is 3. The molecule has 2 N–H and O–H groups in total. The Bertz CT molecular complexity index is 1470. The molecule has 0 radical (unpaired) electrons. The molecule has 248 valence electrons. The molecule has 0 aliphatic heterocycles. The lowest BCUT2D eigenvalue weighted by atomic mass is 9.97. The number of nitrogens with zero attached hydrogens (tertiary/aromatic N) is 2. The minimum Gasteiger partial charge on any atom is -0.467 e. The van der Waals surface area contributed by atoms with Gasteiger partial charge in [0, 0.05) is 36.5 Å². The minimum absolute atomic E-state index is 0.0191. The maximum Gasteiger partial charge on any atom is 0.328 e.